The van der Waals surface area contributed by atoms with Gasteiger partial charge in [-0.25, -0.2) is 0 Å². The number of allylic oxidation sites excluding steroid dienone is 2. The summed E-state index contributed by atoms with van der Waals surface area (Å²) in [6.07, 6.45) is 9.21. The molecule has 0 aromatic carbocycles. The van der Waals surface area contributed by atoms with Crippen molar-refractivity contribution in [3.8, 4) is 0 Å². The van der Waals surface area contributed by atoms with E-state index in [1.807, 2.05) is 0 Å². The largest absolute Gasteiger partial charge is 0.309 e. The quantitative estimate of drug-likeness (QED) is 0.579. The van der Waals surface area contributed by atoms with Gasteiger partial charge in [-0.15, -0.1) is 0 Å². The molecule has 68 valence electrons. The first-order chi connectivity index (χ1) is 5.75. The first kappa shape index (κ1) is 8.31. The number of hydrogen-bond acceptors (Lipinski definition) is 1. The minimum absolute atomic E-state index is 0.940. The van der Waals surface area contributed by atoms with E-state index < -0.39 is 0 Å². The Labute approximate surface area is 75.4 Å². The predicted octanol–water partition coefficient (Wildman–Crippen LogP) is 2.15. The SMILES string of the molecule is CN(C)CCC1CC2C=CC1C2. The smallest absolute Gasteiger partial charge is 0.00220 e. The normalized spacial score (nSPS) is 38.4. The Balaban J connectivity index is 1.80. The van der Waals surface area contributed by atoms with Crippen molar-refractivity contribution >= 4 is 0 Å². The average molecular weight is 165 g/mol. The molecule has 2 rings (SSSR count). The molecule has 0 radical (unpaired) electrons. The first-order valence-corrected chi connectivity index (χ1v) is 5.09. The van der Waals surface area contributed by atoms with Gasteiger partial charge < -0.3 is 4.90 Å². The van der Waals surface area contributed by atoms with Crippen molar-refractivity contribution in [3.05, 3.63) is 12.2 Å². The van der Waals surface area contributed by atoms with Gasteiger partial charge in [-0.2, -0.15) is 0 Å². The molecule has 0 heterocycles. The molecule has 0 aromatic heterocycles. The van der Waals surface area contributed by atoms with E-state index in [1.54, 1.807) is 0 Å². The maximum Gasteiger partial charge on any atom is -0.00220 e. The van der Waals surface area contributed by atoms with Crippen molar-refractivity contribution in [3.63, 3.8) is 0 Å². The van der Waals surface area contributed by atoms with Crippen LogP contribution in [0.1, 0.15) is 19.3 Å². The molecular formula is C11H19N. The zero-order valence-electron chi connectivity index (χ0n) is 8.16. The lowest BCUT2D eigenvalue weighted by molar-refractivity contribution is 0.324. The van der Waals surface area contributed by atoms with Crippen LogP contribution in [0.4, 0.5) is 0 Å². The molecule has 0 spiro atoms. The van der Waals surface area contributed by atoms with Gasteiger partial charge in [-0.05, 0) is 57.7 Å². The Morgan fingerprint density at radius 3 is 2.58 bits per heavy atom. The molecule has 0 aliphatic heterocycles. The summed E-state index contributed by atoms with van der Waals surface area (Å²) in [7, 11) is 4.34. The van der Waals surface area contributed by atoms with Gasteiger partial charge in [0.1, 0.15) is 0 Å². The molecule has 1 nitrogen and oxygen atoms in total. The van der Waals surface area contributed by atoms with Gasteiger partial charge in [-0.3, -0.25) is 0 Å². The van der Waals surface area contributed by atoms with E-state index >= 15 is 0 Å². The first-order valence-electron chi connectivity index (χ1n) is 5.09. The standard InChI is InChI=1S/C11H19N/c1-12(2)6-5-11-8-9-3-4-10(11)7-9/h3-4,9-11H,5-8H2,1-2H3. The van der Waals surface area contributed by atoms with Crippen LogP contribution in [0, 0.1) is 17.8 Å². The van der Waals surface area contributed by atoms with Crippen LogP contribution in [-0.4, -0.2) is 25.5 Å². The van der Waals surface area contributed by atoms with Crippen LogP contribution in [0.15, 0.2) is 12.2 Å². The molecule has 2 bridgehead atoms. The van der Waals surface area contributed by atoms with Crippen LogP contribution in [0.5, 0.6) is 0 Å². The summed E-state index contributed by atoms with van der Waals surface area (Å²) in [4.78, 5) is 2.30. The van der Waals surface area contributed by atoms with E-state index in [0.717, 1.165) is 17.8 Å². The average Bonchev–Trinajstić information content (AvgIpc) is 2.60. The number of fused-ring (bicyclic) bond motifs is 2. The number of hydrogen-bond donors (Lipinski definition) is 0. The third-order valence-corrected chi connectivity index (χ3v) is 3.36. The Morgan fingerprint density at radius 1 is 1.25 bits per heavy atom. The Hall–Kier alpha value is -0.300. The van der Waals surface area contributed by atoms with Crippen LogP contribution >= 0.6 is 0 Å². The summed E-state index contributed by atoms with van der Waals surface area (Å²) < 4.78 is 0. The Morgan fingerprint density at radius 2 is 2.08 bits per heavy atom. The molecule has 3 unspecified atom stereocenters. The molecule has 2 aliphatic carbocycles. The van der Waals surface area contributed by atoms with Crippen molar-refractivity contribution < 1.29 is 0 Å². The van der Waals surface area contributed by atoms with E-state index in [4.69, 9.17) is 0 Å². The van der Waals surface area contributed by atoms with Crippen molar-refractivity contribution in [1.29, 1.82) is 0 Å². The topological polar surface area (TPSA) is 3.24 Å². The van der Waals surface area contributed by atoms with Gasteiger partial charge >= 0.3 is 0 Å². The Kier molecular flexibility index (Phi) is 2.22. The summed E-state index contributed by atoms with van der Waals surface area (Å²) in [5.74, 6) is 2.89. The molecular weight excluding hydrogens is 146 g/mol. The summed E-state index contributed by atoms with van der Waals surface area (Å²) in [6.45, 7) is 1.27. The molecule has 1 saturated carbocycles. The molecule has 1 heteroatoms. The molecule has 0 N–H and O–H groups in total. The molecule has 2 aliphatic rings. The lowest BCUT2D eigenvalue weighted by Crippen LogP contribution is -2.18. The van der Waals surface area contributed by atoms with Gasteiger partial charge in [0.2, 0.25) is 0 Å². The van der Waals surface area contributed by atoms with Gasteiger partial charge in [0.15, 0.2) is 0 Å². The van der Waals surface area contributed by atoms with Crippen molar-refractivity contribution in [1.82, 2.24) is 4.90 Å². The van der Waals surface area contributed by atoms with Crippen molar-refractivity contribution in [2.75, 3.05) is 20.6 Å². The van der Waals surface area contributed by atoms with Gasteiger partial charge in [0, 0.05) is 0 Å². The lowest BCUT2D eigenvalue weighted by atomic mass is 9.90. The summed E-state index contributed by atoms with van der Waals surface area (Å²) in [5.41, 5.74) is 0. The summed E-state index contributed by atoms with van der Waals surface area (Å²) in [6, 6.07) is 0. The molecule has 1 fully saturated rings. The molecule has 0 amide bonds. The van der Waals surface area contributed by atoms with E-state index in [1.165, 1.54) is 25.8 Å². The maximum absolute atomic E-state index is 2.45. The van der Waals surface area contributed by atoms with Crippen LogP contribution in [0.25, 0.3) is 0 Å². The summed E-state index contributed by atoms with van der Waals surface area (Å²) in [5, 5.41) is 0. The fourth-order valence-electron chi connectivity index (χ4n) is 2.65. The fourth-order valence-corrected chi connectivity index (χ4v) is 2.65. The second-order valence-electron chi connectivity index (χ2n) is 4.63. The van der Waals surface area contributed by atoms with E-state index in [0.29, 0.717) is 0 Å². The maximum atomic E-state index is 2.45. The van der Waals surface area contributed by atoms with Crippen molar-refractivity contribution in [2.45, 2.75) is 19.3 Å². The van der Waals surface area contributed by atoms with Gasteiger partial charge in [0.25, 0.3) is 0 Å². The van der Waals surface area contributed by atoms with Crippen LogP contribution < -0.4 is 0 Å². The van der Waals surface area contributed by atoms with E-state index in [2.05, 4.69) is 31.1 Å². The highest BCUT2D eigenvalue weighted by atomic mass is 15.0. The minimum atomic E-state index is 0.940. The van der Waals surface area contributed by atoms with E-state index in [-0.39, 0.29) is 0 Å². The minimum Gasteiger partial charge on any atom is -0.309 e. The van der Waals surface area contributed by atoms with E-state index in [9.17, 15) is 0 Å². The fraction of sp³-hybridized carbons (Fsp3) is 0.818. The highest BCUT2D eigenvalue weighted by molar-refractivity contribution is 5.09. The second kappa shape index (κ2) is 3.21. The predicted molar refractivity (Wildman–Crippen MR) is 52.0 cm³/mol. The highest BCUT2D eigenvalue weighted by Gasteiger charge is 2.34. The summed E-state index contributed by atoms with van der Waals surface area (Å²) >= 11 is 0. The Bertz CT molecular complexity index is 183. The third-order valence-electron chi connectivity index (χ3n) is 3.36. The monoisotopic (exact) mass is 165 g/mol. The van der Waals surface area contributed by atoms with Crippen LogP contribution in [0.3, 0.4) is 0 Å². The van der Waals surface area contributed by atoms with Gasteiger partial charge in [-0.1, -0.05) is 12.2 Å². The van der Waals surface area contributed by atoms with Crippen LogP contribution in [0.2, 0.25) is 0 Å². The van der Waals surface area contributed by atoms with Gasteiger partial charge in [0.05, 0.1) is 0 Å². The molecule has 0 aromatic rings. The number of nitrogens with zero attached hydrogens (tertiary/aromatic N) is 1. The van der Waals surface area contributed by atoms with Crippen molar-refractivity contribution in [2.24, 2.45) is 17.8 Å². The van der Waals surface area contributed by atoms with Crippen LogP contribution in [-0.2, 0) is 0 Å². The molecule has 12 heavy (non-hydrogen) atoms. The zero-order valence-corrected chi connectivity index (χ0v) is 8.16. The zero-order chi connectivity index (χ0) is 8.55. The highest BCUT2D eigenvalue weighted by Crippen LogP contribution is 2.44. The second-order valence-corrected chi connectivity index (χ2v) is 4.63. The number of rotatable bonds is 3. The molecule has 0 saturated heterocycles. The third kappa shape index (κ3) is 1.56. The lowest BCUT2D eigenvalue weighted by Gasteiger charge is -2.19. The molecule has 3 atom stereocenters.